The molecule has 1 heterocycles. The molecule has 0 saturated carbocycles. The molecule has 0 fully saturated rings. The van der Waals surface area contributed by atoms with Gasteiger partial charge in [-0.1, -0.05) is 12.1 Å². The summed E-state index contributed by atoms with van der Waals surface area (Å²) in [5.74, 6) is 1.16. The Balaban J connectivity index is 1.96. The molecule has 25 heavy (non-hydrogen) atoms. The Labute approximate surface area is 145 Å². The van der Waals surface area contributed by atoms with Crippen LogP contribution < -0.4 is 9.47 Å². The zero-order valence-corrected chi connectivity index (χ0v) is 14.0. The van der Waals surface area contributed by atoms with Crippen LogP contribution in [0.1, 0.15) is 15.9 Å². The van der Waals surface area contributed by atoms with Crippen molar-refractivity contribution in [2.75, 3.05) is 14.2 Å². The summed E-state index contributed by atoms with van der Waals surface area (Å²) >= 11 is 0. The zero-order valence-electron chi connectivity index (χ0n) is 14.0. The first-order chi connectivity index (χ1) is 12.1. The average molecular weight is 338 g/mol. The van der Waals surface area contributed by atoms with Gasteiger partial charge in [0, 0.05) is 30.6 Å². The van der Waals surface area contributed by atoms with E-state index in [-0.39, 0.29) is 5.56 Å². The lowest BCUT2D eigenvalue weighted by Crippen LogP contribution is -2.03. The fraction of sp³-hybridized carbons (Fsp3) is 0.158. The molecule has 6 nitrogen and oxygen atoms in total. The number of carboxylic acid groups (broad SMARTS) is 1. The van der Waals surface area contributed by atoms with Crippen LogP contribution in [-0.4, -0.2) is 34.8 Å². The van der Waals surface area contributed by atoms with Crippen molar-refractivity contribution in [1.29, 1.82) is 0 Å². The molecule has 2 aromatic carbocycles. The van der Waals surface area contributed by atoms with Gasteiger partial charge >= 0.3 is 5.97 Å². The molecule has 0 amide bonds. The number of methoxy groups -OCH3 is 2. The Kier molecular flexibility index (Phi) is 4.70. The topological polar surface area (TPSA) is 73.6 Å². The molecule has 1 aromatic heterocycles. The molecule has 1 N–H and O–H groups in total. The zero-order chi connectivity index (χ0) is 17.8. The summed E-state index contributed by atoms with van der Waals surface area (Å²) in [5, 5.41) is 9.14. The molecular weight excluding hydrogens is 320 g/mol. The second kappa shape index (κ2) is 7.09. The molecule has 6 heteroatoms. The van der Waals surface area contributed by atoms with E-state index in [9.17, 15) is 4.79 Å². The molecule has 0 aliphatic rings. The van der Waals surface area contributed by atoms with E-state index in [2.05, 4.69) is 4.98 Å². The van der Waals surface area contributed by atoms with Crippen LogP contribution in [-0.2, 0) is 6.54 Å². The van der Waals surface area contributed by atoms with E-state index in [4.69, 9.17) is 14.6 Å². The fourth-order valence-electron chi connectivity index (χ4n) is 2.63. The molecule has 0 bridgehead atoms. The van der Waals surface area contributed by atoms with E-state index in [1.54, 1.807) is 44.7 Å². The quantitative estimate of drug-likeness (QED) is 0.746. The highest BCUT2D eigenvalue weighted by Crippen LogP contribution is 2.29. The fourth-order valence-corrected chi connectivity index (χ4v) is 2.63. The summed E-state index contributed by atoms with van der Waals surface area (Å²) < 4.78 is 12.6. The Morgan fingerprint density at radius 1 is 1.12 bits per heavy atom. The summed E-state index contributed by atoms with van der Waals surface area (Å²) in [7, 11) is 3.20. The summed E-state index contributed by atoms with van der Waals surface area (Å²) in [5.41, 5.74) is 2.01. The Morgan fingerprint density at radius 3 is 2.48 bits per heavy atom. The largest absolute Gasteiger partial charge is 0.497 e. The lowest BCUT2D eigenvalue weighted by molar-refractivity contribution is 0.0696. The third kappa shape index (κ3) is 3.63. The van der Waals surface area contributed by atoms with Crippen LogP contribution in [0.15, 0.2) is 54.9 Å². The highest BCUT2D eigenvalue weighted by atomic mass is 16.5. The number of rotatable bonds is 6. The monoisotopic (exact) mass is 338 g/mol. The highest BCUT2D eigenvalue weighted by molar-refractivity contribution is 5.87. The average Bonchev–Trinajstić information content (AvgIpc) is 3.09. The number of carbonyl (C=O) groups is 1. The van der Waals surface area contributed by atoms with Crippen LogP contribution >= 0.6 is 0 Å². The van der Waals surface area contributed by atoms with Crippen molar-refractivity contribution >= 4 is 5.97 Å². The maximum Gasteiger partial charge on any atom is 0.335 e. The standard InChI is InChI=1S/C19H18N2O4/c1-24-16-9-15(10-17(11-16)25-2)18-20-6-7-21(18)12-13-4-3-5-14(8-13)19(22)23/h3-11H,12H2,1-2H3,(H,22,23). The van der Waals surface area contributed by atoms with Crippen LogP contribution in [0.5, 0.6) is 11.5 Å². The van der Waals surface area contributed by atoms with E-state index >= 15 is 0 Å². The highest BCUT2D eigenvalue weighted by Gasteiger charge is 2.11. The first-order valence-electron chi connectivity index (χ1n) is 7.67. The normalized spacial score (nSPS) is 10.5. The Morgan fingerprint density at radius 2 is 1.84 bits per heavy atom. The number of aromatic nitrogens is 2. The smallest absolute Gasteiger partial charge is 0.335 e. The van der Waals surface area contributed by atoms with Crippen molar-refractivity contribution in [2.24, 2.45) is 0 Å². The number of nitrogens with zero attached hydrogens (tertiary/aromatic N) is 2. The maximum atomic E-state index is 11.1. The number of carboxylic acids is 1. The number of hydrogen-bond acceptors (Lipinski definition) is 4. The van der Waals surface area contributed by atoms with Crippen molar-refractivity contribution in [1.82, 2.24) is 9.55 Å². The van der Waals surface area contributed by atoms with Crippen LogP contribution in [0.25, 0.3) is 11.4 Å². The minimum absolute atomic E-state index is 0.266. The predicted molar refractivity (Wildman–Crippen MR) is 93.3 cm³/mol. The van der Waals surface area contributed by atoms with E-state index in [1.807, 2.05) is 29.0 Å². The van der Waals surface area contributed by atoms with Gasteiger partial charge in [0.25, 0.3) is 0 Å². The van der Waals surface area contributed by atoms with Gasteiger partial charge in [0.1, 0.15) is 17.3 Å². The van der Waals surface area contributed by atoms with Crippen molar-refractivity contribution < 1.29 is 19.4 Å². The predicted octanol–water partition coefficient (Wildman–Crippen LogP) is 3.31. The molecule has 0 radical (unpaired) electrons. The van der Waals surface area contributed by atoms with Gasteiger partial charge in [-0.15, -0.1) is 0 Å². The minimum Gasteiger partial charge on any atom is -0.497 e. The van der Waals surface area contributed by atoms with Crippen LogP contribution in [0, 0.1) is 0 Å². The molecule has 128 valence electrons. The molecule has 3 aromatic rings. The molecule has 0 atom stereocenters. The third-order valence-electron chi connectivity index (χ3n) is 3.85. The first-order valence-corrected chi connectivity index (χ1v) is 7.67. The van der Waals surface area contributed by atoms with Gasteiger partial charge in [0.15, 0.2) is 0 Å². The summed E-state index contributed by atoms with van der Waals surface area (Å²) in [6, 6.07) is 12.4. The number of imidazole rings is 1. The van der Waals surface area contributed by atoms with Gasteiger partial charge in [-0.25, -0.2) is 9.78 Å². The number of benzene rings is 2. The van der Waals surface area contributed by atoms with Crippen molar-refractivity contribution in [3.05, 3.63) is 66.0 Å². The second-order valence-corrected chi connectivity index (χ2v) is 5.49. The minimum atomic E-state index is -0.940. The maximum absolute atomic E-state index is 11.1. The molecule has 0 aliphatic carbocycles. The van der Waals surface area contributed by atoms with E-state index < -0.39 is 5.97 Å². The first kappa shape index (κ1) is 16.6. The van der Waals surface area contributed by atoms with Crippen LogP contribution in [0.3, 0.4) is 0 Å². The SMILES string of the molecule is COc1cc(OC)cc(-c2nccn2Cc2cccc(C(=O)O)c2)c1. The molecule has 0 unspecified atom stereocenters. The lowest BCUT2D eigenvalue weighted by Gasteiger charge is -2.11. The van der Waals surface area contributed by atoms with Crippen molar-refractivity contribution in [3.63, 3.8) is 0 Å². The molecular formula is C19H18N2O4. The third-order valence-corrected chi connectivity index (χ3v) is 3.85. The van der Waals surface area contributed by atoms with E-state index in [0.29, 0.717) is 18.0 Å². The lowest BCUT2D eigenvalue weighted by atomic mass is 10.1. The number of hydrogen-bond donors (Lipinski definition) is 1. The summed E-state index contributed by atoms with van der Waals surface area (Å²) in [6.07, 6.45) is 3.57. The molecule has 3 rings (SSSR count). The van der Waals surface area contributed by atoms with Gasteiger partial charge < -0.3 is 19.1 Å². The Bertz CT molecular complexity index is 880. The van der Waals surface area contributed by atoms with Crippen LogP contribution in [0.4, 0.5) is 0 Å². The van der Waals surface area contributed by atoms with E-state index in [1.165, 1.54) is 0 Å². The van der Waals surface area contributed by atoms with Crippen molar-refractivity contribution in [2.45, 2.75) is 6.54 Å². The second-order valence-electron chi connectivity index (χ2n) is 5.49. The van der Waals surface area contributed by atoms with E-state index in [0.717, 1.165) is 17.0 Å². The van der Waals surface area contributed by atoms with Gasteiger partial charge in [0.05, 0.1) is 19.8 Å². The molecule has 0 aliphatic heterocycles. The number of ether oxygens (including phenoxy) is 2. The molecule has 0 spiro atoms. The van der Waals surface area contributed by atoms with Gasteiger partial charge in [-0.05, 0) is 29.8 Å². The summed E-state index contributed by atoms with van der Waals surface area (Å²) in [4.78, 5) is 15.6. The molecule has 0 saturated heterocycles. The van der Waals surface area contributed by atoms with Crippen LogP contribution in [0.2, 0.25) is 0 Å². The van der Waals surface area contributed by atoms with Gasteiger partial charge in [-0.2, -0.15) is 0 Å². The van der Waals surface area contributed by atoms with Crippen molar-refractivity contribution in [3.8, 4) is 22.9 Å². The Hall–Kier alpha value is -3.28. The summed E-state index contributed by atoms with van der Waals surface area (Å²) in [6.45, 7) is 0.510. The van der Waals surface area contributed by atoms with Gasteiger partial charge in [0.2, 0.25) is 0 Å². The number of aromatic carboxylic acids is 1. The van der Waals surface area contributed by atoms with Gasteiger partial charge in [-0.3, -0.25) is 0 Å².